The van der Waals surface area contributed by atoms with Crippen molar-refractivity contribution in [1.29, 1.82) is 0 Å². The molecule has 0 bridgehead atoms. The van der Waals surface area contributed by atoms with Crippen LogP contribution in [-0.2, 0) is 4.74 Å². The lowest BCUT2D eigenvalue weighted by molar-refractivity contribution is 0.0904. The Kier molecular flexibility index (Phi) is 8.64. The second kappa shape index (κ2) is 12.5. The van der Waals surface area contributed by atoms with Gasteiger partial charge in [0.25, 0.3) is 5.91 Å². The van der Waals surface area contributed by atoms with Crippen molar-refractivity contribution >= 4 is 63.5 Å². The fraction of sp³-hybridized carbons (Fsp3) is 0.379. The maximum Gasteiger partial charge on any atom is 0.258 e. The predicted octanol–water partition coefficient (Wildman–Crippen LogP) is 6.46. The number of hydrogen-bond acceptors (Lipinski definition) is 8. The summed E-state index contributed by atoms with van der Waals surface area (Å²) >= 11 is 13.7. The van der Waals surface area contributed by atoms with Gasteiger partial charge in [-0.05, 0) is 87.6 Å². The molecule has 0 unspecified atom stereocenters. The zero-order valence-corrected chi connectivity index (χ0v) is 25.0. The van der Waals surface area contributed by atoms with Gasteiger partial charge in [0, 0.05) is 39.9 Å². The lowest BCUT2D eigenvalue weighted by atomic mass is 9.88. The highest BCUT2D eigenvalue weighted by Crippen LogP contribution is 2.34. The Morgan fingerprint density at radius 1 is 1.07 bits per heavy atom. The molecular weight excluding hydrogens is 581 g/mol. The highest BCUT2D eigenvalue weighted by atomic mass is 35.5. The maximum absolute atomic E-state index is 13.7. The van der Waals surface area contributed by atoms with Gasteiger partial charge >= 0.3 is 0 Å². The van der Waals surface area contributed by atoms with Crippen LogP contribution in [0, 0.1) is 0 Å². The number of fused-ring (bicyclic) bond motifs is 1. The lowest BCUT2D eigenvalue weighted by Gasteiger charge is -2.30. The number of nitrogens with zero attached hydrogens (tertiary/aromatic N) is 4. The summed E-state index contributed by atoms with van der Waals surface area (Å²) in [6.45, 7) is 3.59. The summed E-state index contributed by atoms with van der Waals surface area (Å²) in [6, 6.07) is 11.7. The van der Waals surface area contributed by atoms with E-state index in [0.29, 0.717) is 56.7 Å². The van der Waals surface area contributed by atoms with Crippen LogP contribution in [0.15, 0.2) is 52.5 Å². The first-order valence-electron chi connectivity index (χ1n) is 13.7. The Morgan fingerprint density at radius 2 is 1.83 bits per heavy atom. The van der Waals surface area contributed by atoms with Crippen LogP contribution in [-0.4, -0.2) is 70.4 Å². The number of aromatic nitrogens is 4. The first kappa shape index (κ1) is 28.2. The van der Waals surface area contributed by atoms with Crippen LogP contribution in [0.2, 0.25) is 10.0 Å². The summed E-state index contributed by atoms with van der Waals surface area (Å²) < 4.78 is 5.55. The average Bonchev–Trinajstić information content (AvgIpc) is 3.35. The number of likely N-dealkylation sites (tertiary alicyclic amines) is 1. The van der Waals surface area contributed by atoms with Gasteiger partial charge in [-0.3, -0.25) is 9.89 Å². The molecule has 2 saturated heterocycles. The highest BCUT2D eigenvalue weighted by molar-refractivity contribution is 7.99. The summed E-state index contributed by atoms with van der Waals surface area (Å²) in [7, 11) is 2.17. The number of carbonyl (C=O) groups is 1. The molecule has 214 valence electrons. The molecule has 12 heteroatoms. The molecule has 2 aromatic carbocycles. The largest absolute Gasteiger partial charge is 0.381 e. The molecule has 2 aliphatic rings. The van der Waals surface area contributed by atoms with E-state index in [1.54, 1.807) is 12.3 Å². The zero-order chi connectivity index (χ0) is 28.3. The van der Waals surface area contributed by atoms with Gasteiger partial charge in [-0.2, -0.15) is 5.10 Å². The Balaban J connectivity index is 1.25. The minimum Gasteiger partial charge on any atom is -0.381 e. The summed E-state index contributed by atoms with van der Waals surface area (Å²) in [5.74, 6) is 0.623. The summed E-state index contributed by atoms with van der Waals surface area (Å²) in [4.78, 5) is 26.0. The molecule has 41 heavy (non-hydrogen) atoms. The van der Waals surface area contributed by atoms with Gasteiger partial charge in [-0.25, -0.2) is 9.97 Å². The van der Waals surface area contributed by atoms with Crippen LogP contribution in [0.4, 0.5) is 11.5 Å². The molecule has 4 heterocycles. The molecule has 4 aromatic rings. The predicted molar refractivity (Wildman–Crippen MR) is 164 cm³/mol. The minimum atomic E-state index is -0.249. The SMILES string of the molecule is CN1CCC(c2ccc(C(=O)Nc3[nH]nc4ncc(Sc5cc(Cl)cc(Cl)c5)nc34)c(NC3CCOCC3)c2)CC1. The van der Waals surface area contributed by atoms with E-state index in [4.69, 9.17) is 32.9 Å². The van der Waals surface area contributed by atoms with Crippen LogP contribution in [0.3, 0.4) is 0 Å². The maximum atomic E-state index is 13.7. The van der Waals surface area contributed by atoms with Gasteiger partial charge < -0.3 is 20.3 Å². The Morgan fingerprint density at radius 3 is 2.59 bits per heavy atom. The van der Waals surface area contributed by atoms with Crippen LogP contribution >= 0.6 is 35.0 Å². The smallest absolute Gasteiger partial charge is 0.258 e. The quantitative estimate of drug-likeness (QED) is 0.218. The number of anilines is 2. The molecule has 3 N–H and O–H groups in total. The van der Waals surface area contributed by atoms with E-state index in [-0.39, 0.29) is 11.9 Å². The van der Waals surface area contributed by atoms with Gasteiger partial charge in [-0.1, -0.05) is 41.0 Å². The monoisotopic (exact) mass is 611 g/mol. The number of aromatic amines is 1. The fourth-order valence-electron chi connectivity index (χ4n) is 5.34. The third-order valence-corrected chi connectivity index (χ3v) is 8.91. The van der Waals surface area contributed by atoms with E-state index in [2.05, 4.69) is 49.9 Å². The van der Waals surface area contributed by atoms with E-state index in [1.165, 1.54) is 17.3 Å². The number of ether oxygens (including phenoxy) is 1. The van der Waals surface area contributed by atoms with Crippen molar-refractivity contribution < 1.29 is 9.53 Å². The number of halogens is 2. The van der Waals surface area contributed by atoms with Crippen LogP contribution < -0.4 is 10.6 Å². The zero-order valence-electron chi connectivity index (χ0n) is 22.6. The van der Waals surface area contributed by atoms with E-state index >= 15 is 0 Å². The molecule has 2 fully saturated rings. The first-order chi connectivity index (χ1) is 19.9. The van der Waals surface area contributed by atoms with E-state index in [0.717, 1.165) is 49.4 Å². The Hall–Kier alpha value is -2.89. The second-order valence-corrected chi connectivity index (χ2v) is 12.5. The van der Waals surface area contributed by atoms with Gasteiger partial charge in [0.05, 0.1) is 11.8 Å². The topological polar surface area (TPSA) is 108 Å². The number of nitrogens with one attached hydrogen (secondary N) is 3. The van der Waals surface area contributed by atoms with Crippen molar-refractivity contribution in [2.75, 3.05) is 44.0 Å². The molecule has 0 aliphatic carbocycles. The molecule has 1 amide bonds. The molecule has 2 aliphatic heterocycles. The van der Waals surface area contributed by atoms with Crippen molar-refractivity contribution in [3.8, 4) is 0 Å². The number of benzene rings is 2. The van der Waals surface area contributed by atoms with Crippen molar-refractivity contribution in [2.45, 2.75) is 47.6 Å². The second-order valence-electron chi connectivity index (χ2n) is 10.6. The number of H-pyrrole nitrogens is 1. The van der Waals surface area contributed by atoms with Crippen LogP contribution in [0.5, 0.6) is 0 Å². The third kappa shape index (κ3) is 6.79. The van der Waals surface area contributed by atoms with Gasteiger partial charge in [-0.15, -0.1) is 0 Å². The molecule has 0 spiro atoms. The van der Waals surface area contributed by atoms with E-state index in [1.807, 2.05) is 18.2 Å². The van der Waals surface area contributed by atoms with Crippen molar-refractivity contribution in [3.05, 3.63) is 63.8 Å². The molecule has 2 aromatic heterocycles. The molecule has 6 rings (SSSR count). The number of hydrogen-bond donors (Lipinski definition) is 3. The summed E-state index contributed by atoms with van der Waals surface area (Å²) in [5, 5.41) is 15.5. The standard InChI is InChI=1S/C29H31Cl2N7O2S/c1-38-8-4-17(5-9-38)18-2-3-23(24(12-18)33-21-6-10-40-11-7-21)29(39)35-28-26-27(36-37-28)32-16-25(34-26)41-22-14-19(30)13-20(31)15-22/h2-3,12-17,21,33H,4-11H2,1H3,(H2,32,35,36,37,39). The Bertz CT molecular complexity index is 1530. The van der Waals surface area contributed by atoms with Crippen molar-refractivity contribution in [1.82, 2.24) is 25.1 Å². The first-order valence-corrected chi connectivity index (χ1v) is 15.3. The molecule has 0 saturated carbocycles. The number of amides is 1. The molecule has 0 radical (unpaired) electrons. The van der Waals surface area contributed by atoms with E-state index in [9.17, 15) is 4.79 Å². The third-order valence-electron chi connectivity index (χ3n) is 7.60. The average molecular weight is 613 g/mol. The highest BCUT2D eigenvalue weighted by Gasteiger charge is 2.23. The summed E-state index contributed by atoms with van der Waals surface area (Å²) in [6.07, 6.45) is 5.65. The van der Waals surface area contributed by atoms with Gasteiger partial charge in [0.2, 0.25) is 5.65 Å². The number of rotatable bonds is 7. The molecule has 0 atom stereocenters. The van der Waals surface area contributed by atoms with Crippen LogP contribution in [0.1, 0.15) is 47.5 Å². The summed E-state index contributed by atoms with van der Waals surface area (Å²) in [5.41, 5.74) is 3.56. The van der Waals surface area contributed by atoms with Crippen LogP contribution in [0.25, 0.3) is 11.2 Å². The number of carbonyl (C=O) groups excluding carboxylic acids is 1. The number of piperidine rings is 1. The molecular formula is C29H31Cl2N7O2S. The lowest BCUT2D eigenvalue weighted by Crippen LogP contribution is -2.30. The van der Waals surface area contributed by atoms with Gasteiger partial charge in [0.15, 0.2) is 11.3 Å². The fourth-order valence-corrected chi connectivity index (χ4v) is 6.85. The molecule has 9 nitrogen and oxygen atoms in total. The minimum absolute atomic E-state index is 0.249. The Labute approximate surface area is 252 Å². The normalized spacial score (nSPS) is 17.1. The van der Waals surface area contributed by atoms with Crippen molar-refractivity contribution in [2.24, 2.45) is 0 Å². The van der Waals surface area contributed by atoms with Gasteiger partial charge in [0.1, 0.15) is 5.03 Å². The van der Waals surface area contributed by atoms with E-state index < -0.39 is 0 Å². The van der Waals surface area contributed by atoms with Crippen molar-refractivity contribution in [3.63, 3.8) is 0 Å².